The molecule has 1 aliphatic carbocycles. The first-order chi connectivity index (χ1) is 11.6. The van der Waals surface area contributed by atoms with Crippen molar-refractivity contribution in [2.45, 2.75) is 44.8 Å². The number of carbonyl (C=O) groups excluding carboxylic acids is 1. The number of aliphatic hydroxyl groups excluding tert-OH is 1. The van der Waals surface area contributed by atoms with E-state index in [9.17, 15) is 9.90 Å². The topological polar surface area (TPSA) is 78.4 Å². The number of piperidine rings is 1. The van der Waals surface area contributed by atoms with Crippen molar-refractivity contribution >= 4 is 33.3 Å². The van der Waals surface area contributed by atoms with E-state index in [1.165, 1.54) is 4.88 Å². The summed E-state index contributed by atoms with van der Waals surface area (Å²) in [4.78, 5) is 25.3. The van der Waals surface area contributed by atoms with E-state index in [0.29, 0.717) is 6.04 Å². The van der Waals surface area contributed by atoms with Crippen molar-refractivity contribution in [2.24, 2.45) is 5.92 Å². The first kappa shape index (κ1) is 15.8. The lowest BCUT2D eigenvalue weighted by atomic mass is 9.90. The van der Waals surface area contributed by atoms with E-state index < -0.39 is 6.10 Å². The number of amides is 1. The number of fused-ring (bicyclic) bond motifs is 1. The highest BCUT2D eigenvalue weighted by molar-refractivity contribution is 7.18. The van der Waals surface area contributed by atoms with Gasteiger partial charge in [-0.25, -0.2) is 9.97 Å². The molecule has 1 saturated heterocycles. The molecule has 6 nitrogen and oxygen atoms in total. The van der Waals surface area contributed by atoms with Gasteiger partial charge >= 0.3 is 0 Å². The number of carbonyl (C=O) groups is 1. The normalized spacial score (nSPS) is 20.3. The minimum atomic E-state index is -0.887. The Bertz CT molecular complexity index is 750. The molecule has 0 aromatic carbocycles. The minimum Gasteiger partial charge on any atom is -0.383 e. The second-order valence-corrected chi connectivity index (χ2v) is 8.06. The van der Waals surface area contributed by atoms with Crippen LogP contribution in [0.4, 0.5) is 5.82 Å². The quantitative estimate of drug-likeness (QED) is 0.883. The Kier molecular flexibility index (Phi) is 4.14. The molecule has 0 radical (unpaired) electrons. The lowest BCUT2D eigenvalue weighted by Crippen LogP contribution is -2.45. The second-order valence-electron chi connectivity index (χ2n) is 6.83. The van der Waals surface area contributed by atoms with E-state index in [1.807, 2.05) is 0 Å². The van der Waals surface area contributed by atoms with E-state index >= 15 is 0 Å². The highest BCUT2D eigenvalue weighted by Gasteiger charge is 2.33. The third-order valence-electron chi connectivity index (χ3n) is 4.91. The standard InChI is InChI=1S/C17H22N4O2S/c1-10-8-13-15(18-9-19-17(13)24-10)21-6-4-11(5-7-21)14(22)16(23)20-12-2-3-12/h8-9,11-12,14,22H,2-7H2,1H3,(H,20,23)/t14-/m0/s1. The molecular weight excluding hydrogens is 324 g/mol. The molecule has 2 N–H and O–H groups in total. The molecule has 0 bridgehead atoms. The van der Waals surface area contributed by atoms with Gasteiger partial charge in [0.25, 0.3) is 0 Å². The van der Waals surface area contributed by atoms with Crippen molar-refractivity contribution in [3.05, 3.63) is 17.3 Å². The van der Waals surface area contributed by atoms with E-state index in [-0.39, 0.29) is 11.8 Å². The Hall–Kier alpha value is -1.73. The van der Waals surface area contributed by atoms with E-state index in [4.69, 9.17) is 0 Å². The summed E-state index contributed by atoms with van der Waals surface area (Å²) in [5.41, 5.74) is 0. The number of aryl methyl sites for hydroxylation is 1. The molecule has 1 saturated carbocycles. The third-order valence-corrected chi connectivity index (χ3v) is 5.87. The molecule has 2 fully saturated rings. The number of thiophene rings is 1. The monoisotopic (exact) mass is 346 g/mol. The average molecular weight is 346 g/mol. The molecule has 128 valence electrons. The molecule has 2 aromatic rings. The van der Waals surface area contributed by atoms with Gasteiger partial charge in [-0.15, -0.1) is 11.3 Å². The molecule has 4 rings (SSSR count). The fourth-order valence-electron chi connectivity index (χ4n) is 3.37. The van der Waals surface area contributed by atoms with Crippen LogP contribution in [-0.2, 0) is 4.79 Å². The van der Waals surface area contributed by atoms with Gasteiger partial charge in [-0.1, -0.05) is 0 Å². The Morgan fingerprint density at radius 1 is 1.33 bits per heavy atom. The predicted octanol–water partition coefficient (Wildman–Crippen LogP) is 1.86. The maximum Gasteiger partial charge on any atom is 0.249 e. The largest absolute Gasteiger partial charge is 0.383 e. The fraction of sp³-hybridized carbons (Fsp3) is 0.588. The first-order valence-corrected chi connectivity index (χ1v) is 9.38. The summed E-state index contributed by atoms with van der Waals surface area (Å²) in [7, 11) is 0. The molecule has 1 amide bonds. The van der Waals surface area contributed by atoms with Crippen LogP contribution < -0.4 is 10.2 Å². The molecule has 1 aliphatic heterocycles. The molecule has 0 unspecified atom stereocenters. The second kappa shape index (κ2) is 6.29. The van der Waals surface area contributed by atoms with Crippen LogP contribution in [0.3, 0.4) is 0 Å². The van der Waals surface area contributed by atoms with E-state index in [1.54, 1.807) is 17.7 Å². The van der Waals surface area contributed by atoms with Gasteiger partial charge in [0, 0.05) is 24.0 Å². The number of nitrogens with one attached hydrogen (secondary N) is 1. The summed E-state index contributed by atoms with van der Waals surface area (Å²) < 4.78 is 0. The van der Waals surface area contributed by atoms with Crippen molar-refractivity contribution in [1.29, 1.82) is 0 Å². The number of anilines is 1. The van der Waals surface area contributed by atoms with Crippen LogP contribution in [0.5, 0.6) is 0 Å². The zero-order valence-electron chi connectivity index (χ0n) is 13.7. The smallest absolute Gasteiger partial charge is 0.249 e. The van der Waals surface area contributed by atoms with Crippen LogP contribution in [0, 0.1) is 12.8 Å². The number of hydrogen-bond donors (Lipinski definition) is 2. The van der Waals surface area contributed by atoms with Gasteiger partial charge in [-0.05, 0) is 44.6 Å². The molecule has 24 heavy (non-hydrogen) atoms. The predicted molar refractivity (Wildman–Crippen MR) is 94.3 cm³/mol. The van der Waals surface area contributed by atoms with Crippen molar-refractivity contribution in [3.8, 4) is 0 Å². The third kappa shape index (κ3) is 3.10. The summed E-state index contributed by atoms with van der Waals surface area (Å²) in [5, 5.41) is 14.3. The summed E-state index contributed by atoms with van der Waals surface area (Å²) in [6.45, 7) is 3.69. The number of aromatic nitrogens is 2. The minimum absolute atomic E-state index is 0.0292. The summed E-state index contributed by atoms with van der Waals surface area (Å²) in [5.74, 6) is 0.801. The Labute approximate surface area is 144 Å². The lowest BCUT2D eigenvalue weighted by molar-refractivity contribution is -0.132. The fourth-order valence-corrected chi connectivity index (χ4v) is 4.21. The zero-order chi connectivity index (χ0) is 16.7. The van der Waals surface area contributed by atoms with Crippen molar-refractivity contribution in [2.75, 3.05) is 18.0 Å². The highest BCUT2D eigenvalue weighted by atomic mass is 32.1. The van der Waals surface area contributed by atoms with Crippen LogP contribution in [0.2, 0.25) is 0 Å². The molecule has 7 heteroatoms. The van der Waals surface area contributed by atoms with Crippen molar-refractivity contribution < 1.29 is 9.90 Å². The Morgan fingerprint density at radius 3 is 2.79 bits per heavy atom. The number of rotatable bonds is 4. The highest BCUT2D eigenvalue weighted by Crippen LogP contribution is 2.32. The van der Waals surface area contributed by atoms with Crippen molar-refractivity contribution in [1.82, 2.24) is 15.3 Å². The van der Waals surface area contributed by atoms with Crippen LogP contribution >= 0.6 is 11.3 Å². The summed E-state index contributed by atoms with van der Waals surface area (Å²) in [6, 6.07) is 2.43. The van der Waals surface area contributed by atoms with Gasteiger partial charge in [0.15, 0.2) is 0 Å². The number of nitrogens with zero attached hydrogens (tertiary/aromatic N) is 3. The van der Waals surface area contributed by atoms with Gasteiger partial charge in [0.05, 0.1) is 5.39 Å². The van der Waals surface area contributed by atoms with E-state index in [2.05, 4.69) is 33.2 Å². The maximum absolute atomic E-state index is 12.0. The van der Waals surface area contributed by atoms with Crippen LogP contribution in [-0.4, -0.2) is 46.2 Å². The zero-order valence-corrected chi connectivity index (χ0v) is 14.6. The number of aliphatic hydroxyl groups is 1. The van der Waals surface area contributed by atoms with Gasteiger partial charge in [0.1, 0.15) is 23.1 Å². The molecule has 0 spiro atoms. The average Bonchev–Trinajstić information content (AvgIpc) is 3.31. The Balaban J connectivity index is 1.42. The van der Waals surface area contributed by atoms with Gasteiger partial charge < -0.3 is 15.3 Å². The SMILES string of the molecule is Cc1cc2c(N3CCC([C@H](O)C(=O)NC4CC4)CC3)ncnc2s1. The van der Waals surface area contributed by atoms with Gasteiger partial charge in [-0.3, -0.25) is 4.79 Å². The van der Waals surface area contributed by atoms with Gasteiger partial charge in [-0.2, -0.15) is 0 Å². The Morgan fingerprint density at radius 2 is 2.08 bits per heavy atom. The molecule has 3 heterocycles. The van der Waals surface area contributed by atoms with Crippen LogP contribution in [0.1, 0.15) is 30.6 Å². The number of hydrogen-bond acceptors (Lipinski definition) is 6. The van der Waals surface area contributed by atoms with Crippen LogP contribution in [0.15, 0.2) is 12.4 Å². The van der Waals surface area contributed by atoms with Gasteiger partial charge in [0.2, 0.25) is 5.91 Å². The molecule has 2 aliphatic rings. The summed E-state index contributed by atoms with van der Waals surface area (Å²) >= 11 is 1.68. The summed E-state index contributed by atoms with van der Waals surface area (Å²) in [6.07, 6.45) is 4.42. The molecule has 2 aromatic heterocycles. The van der Waals surface area contributed by atoms with E-state index in [0.717, 1.165) is 54.8 Å². The lowest BCUT2D eigenvalue weighted by Gasteiger charge is -2.34. The molecular formula is C17H22N4O2S. The first-order valence-electron chi connectivity index (χ1n) is 8.56. The maximum atomic E-state index is 12.0. The van der Waals surface area contributed by atoms with Crippen LogP contribution in [0.25, 0.3) is 10.2 Å². The van der Waals surface area contributed by atoms with Crippen molar-refractivity contribution in [3.63, 3.8) is 0 Å². The molecule has 1 atom stereocenters.